The van der Waals surface area contributed by atoms with Gasteiger partial charge >= 0.3 is 0 Å². The second-order valence-corrected chi connectivity index (χ2v) is 13.1. The Bertz CT molecular complexity index is 1620. The second-order valence-electron chi connectivity index (χ2n) is 11.6. The molecule has 11 heteroatoms. The monoisotopic (exact) mass is 598 g/mol. The van der Waals surface area contributed by atoms with Crippen LogP contribution in [0.4, 0.5) is 0 Å². The Balaban J connectivity index is 1.33. The standard InChI is InChI=1S/C32H34N6O4S/c1-2-16-35-17-8-14-25-26(29(35)40)27-30(41)38(24(19-39)21-10-4-3-5-11-21)28-31(42)36(18-9-15-32(27,28)43-25)20-37-23-13-7-6-12-22(23)33-34-37/h3-15,24-28,39H,2,16-20H2,1H3/t24-,25+,26-,27+,28?,32+/m1/s1. The molecule has 1 N–H and O–H groups in total. The minimum absolute atomic E-state index is 0.0449. The van der Waals surface area contributed by atoms with Gasteiger partial charge in [0.25, 0.3) is 0 Å². The van der Waals surface area contributed by atoms with Crippen molar-refractivity contribution >= 4 is 40.5 Å². The van der Waals surface area contributed by atoms with Gasteiger partial charge in [-0.15, -0.1) is 16.9 Å². The number of amides is 3. The fraction of sp³-hybridized carbons (Fsp3) is 0.406. The number of fused-ring (bicyclic) bond motifs is 3. The summed E-state index contributed by atoms with van der Waals surface area (Å²) in [6.07, 6.45) is 8.83. The number of rotatable bonds is 7. The molecule has 0 aliphatic carbocycles. The first-order chi connectivity index (χ1) is 21.0. The molecule has 7 rings (SSSR count). The number of nitrogens with zero attached hydrogens (tertiary/aromatic N) is 6. The van der Waals surface area contributed by atoms with Crippen molar-refractivity contribution < 1.29 is 19.5 Å². The van der Waals surface area contributed by atoms with Crippen LogP contribution in [0.15, 0.2) is 78.9 Å². The van der Waals surface area contributed by atoms with E-state index >= 15 is 0 Å². The van der Waals surface area contributed by atoms with E-state index in [0.29, 0.717) is 19.6 Å². The first-order valence-electron chi connectivity index (χ1n) is 14.8. The average Bonchev–Trinajstić information content (AvgIpc) is 3.58. The molecular formula is C32H34N6O4S. The molecule has 1 aromatic heterocycles. The maximum atomic E-state index is 14.8. The minimum atomic E-state index is -0.972. The summed E-state index contributed by atoms with van der Waals surface area (Å²) in [7, 11) is 0. The molecule has 4 aliphatic rings. The Morgan fingerprint density at radius 2 is 1.74 bits per heavy atom. The van der Waals surface area contributed by atoms with Gasteiger partial charge in [0.1, 0.15) is 18.2 Å². The lowest BCUT2D eigenvalue weighted by Gasteiger charge is -2.38. The number of aliphatic hydroxyl groups is 1. The van der Waals surface area contributed by atoms with Gasteiger partial charge in [-0.2, -0.15) is 0 Å². The third kappa shape index (κ3) is 4.31. The molecule has 43 heavy (non-hydrogen) atoms. The Labute approximate surface area is 254 Å². The van der Waals surface area contributed by atoms with Crippen molar-refractivity contribution in [2.24, 2.45) is 11.8 Å². The van der Waals surface area contributed by atoms with Crippen LogP contribution >= 0.6 is 11.8 Å². The zero-order valence-corrected chi connectivity index (χ0v) is 24.7. The number of carbonyl (C=O) groups excluding carboxylic acids is 3. The molecule has 3 aromatic rings. The van der Waals surface area contributed by atoms with Crippen LogP contribution < -0.4 is 0 Å². The van der Waals surface area contributed by atoms with Crippen LogP contribution in [-0.2, 0) is 21.1 Å². The molecule has 2 fully saturated rings. The minimum Gasteiger partial charge on any atom is -0.394 e. The summed E-state index contributed by atoms with van der Waals surface area (Å²) in [5.74, 6) is -1.89. The maximum Gasteiger partial charge on any atom is 0.248 e. The molecule has 5 heterocycles. The Kier molecular flexibility index (Phi) is 7.09. The van der Waals surface area contributed by atoms with E-state index in [1.54, 1.807) is 26.2 Å². The van der Waals surface area contributed by atoms with E-state index in [1.165, 1.54) is 0 Å². The van der Waals surface area contributed by atoms with Gasteiger partial charge in [0.05, 0.1) is 34.7 Å². The maximum absolute atomic E-state index is 14.8. The molecule has 6 atom stereocenters. The fourth-order valence-corrected chi connectivity index (χ4v) is 9.32. The van der Waals surface area contributed by atoms with Gasteiger partial charge in [-0.1, -0.05) is 78.9 Å². The van der Waals surface area contributed by atoms with Crippen molar-refractivity contribution in [3.63, 3.8) is 0 Å². The van der Waals surface area contributed by atoms with Crippen molar-refractivity contribution in [2.45, 2.75) is 42.1 Å². The lowest BCUT2D eigenvalue weighted by Crippen LogP contribution is -2.54. The van der Waals surface area contributed by atoms with Crippen LogP contribution in [-0.4, -0.2) is 94.8 Å². The van der Waals surface area contributed by atoms with Gasteiger partial charge < -0.3 is 19.8 Å². The summed E-state index contributed by atoms with van der Waals surface area (Å²) >= 11 is 1.55. The smallest absolute Gasteiger partial charge is 0.248 e. The van der Waals surface area contributed by atoms with Crippen molar-refractivity contribution in [3.05, 3.63) is 84.5 Å². The Morgan fingerprint density at radius 1 is 0.977 bits per heavy atom. The molecule has 4 aliphatic heterocycles. The highest BCUT2D eigenvalue weighted by atomic mass is 32.2. The SMILES string of the molecule is CCCN1CC=C[C@@H]2S[C@]34C=CCN(Cn5nnc6ccccc65)C(=O)C3N([C@H](CO)c3ccccc3)C(=O)[C@@H]4[C@@H]2C1=O. The number of benzene rings is 2. The van der Waals surface area contributed by atoms with E-state index in [0.717, 1.165) is 23.0 Å². The number of hydrogen-bond acceptors (Lipinski definition) is 7. The summed E-state index contributed by atoms with van der Waals surface area (Å²) in [6, 6.07) is 15.2. The highest BCUT2D eigenvalue weighted by molar-refractivity contribution is 8.02. The molecule has 1 unspecified atom stereocenters. The fourth-order valence-electron chi connectivity index (χ4n) is 7.32. The van der Waals surface area contributed by atoms with E-state index in [9.17, 15) is 19.5 Å². The van der Waals surface area contributed by atoms with Gasteiger partial charge in [-0.25, -0.2) is 4.68 Å². The van der Waals surface area contributed by atoms with Gasteiger partial charge in [0.2, 0.25) is 17.7 Å². The van der Waals surface area contributed by atoms with Crippen LogP contribution in [0.25, 0.3) is 11.0 Å². The van der Waals surface area contributed by atoms with Crippen molar-refractivity contribution in [2.75, 3.05) is 26.2 Å². The van der Waals surface area contributed by atoms with E-state index < -0.39 is 28.7 Å². The number of para-hydroxylation sites is 1. The van der Waals surface area contributed by atoms with Crippen molar-refractivity contribution in [1.29, 1.82) is 0 Å². The molecule has 222 valence electrons. The number of likely N-dealkylation sites (tertiary alicyclic amines) is 1. The first kappa shape index (κ1) is 27.8. The van der Waals surface area contributed by atoms with Crippen LogP contribution in [0, 0.1) is 11.8 Å². The summed E-state index contributed by atoms with van der Waals surface area (Å²) < 4.78 is 0.721. The summed E-state index contributed by atoms with van der Waals surface area (Å²) in [4.78, 5) is 48.7. The first-order valence-corrected chi connectivity index (χ1v) is 15.7. The predicted molar refractivity (Wildman–Crippen MR) is 162 cm³/mol. The molecular weight excluding hydrogens is 564 g/mol. The lowest BCUT2D eigenvalue weighted by atomic mass is 9.78. The quantitative estimate of drug-likeness (QED) is 0.416. The molecule has 0 radical (unpaired) electrons. The number of thioether (sulfide) groups is 1. The number of aromatic nitrogens is 3. The molecule has 3 amide bonds. The van der Waals surface area contributed by atoms with Crippen LogP contribution in [0.2, 0.25) is 0 Å². The number of hydrogen-bond donors (Lipinski definition) is 1. The van der Waals surface area contributed by atoms with E-state index in [1.807, 2.05) is 90.7 Å². The summed E-state index contributed by atoms with van der Waals surface area (Å²) in [5.41, 5.74) is 2.27. The zero-order chi connectivity index (χ0) is 29.7. The zero-order valence-electron chi connectivity index (χ0n) is 23.9. The summed E-state index contributed by atoms with van der Waals surface area (Å²) in [5, 5.41) is 19.1. The van der Waals surface area contributed by atoms with E-state index in [-0.39, 0.29) is 36.2 Å². The van der Waals surface area contributed by atoms with Crippen molar-refractivity contribution in [1.82, 2.24) is 29.7 Å². The molecule has 0 bridgehead atoms. The number of aliphatic hydroxyl groups excluding tert-OH is 1. The summed E-state index contributed by atoms with van der Waals surface area (Å²) in [6.45, 7) is 3.27. The van der Waals surface area contributed by atoms with Crippen molar-refractivity contribution in [3.8, 4) is 0 Å². The van der Waals surface area contributed by atoms with Gasteiger partial charge in [0, 0.05) is 24.9 Å². The van der Waals surface area contributed by atoms with E-state index in [4.69, 9.17) is 0 Å². The highest BCUT2D eigenvalue weighted by Gasteiger charge is 2.71. The normalized spacial score (nSPS) is 29.1. The van der Waals surface area contributed by atoms with Crippen LogP contribution in [0.3, 0.4) is 0 Å². The second kappa shape index (κ2) is 10.9. The lowest BCUT2D eigenvalue weighted by molar-refractivity contribution is -0.147. The Morgan fingerprint density at radius 3 is 2.53 bits per heavy atom. The molecule has 2 saturated heterocycles. The van der Waals surface area contributed by atoms with Crippen LogP contribution in [0.1, 0.15) is 24.9 Å². The van der Waals surface area contributed by atoms with Crippen LogP contribution in [0.5, 0.6) is 0 Å². The molecule has 0 saturated carbocycles. The largest absolute Gasteiger partial charge is 0.394 e. The molecule has 10 nitrogen and oxygen atoms in total. The predicted octanol–water partition coefficient (Wildman–Crippen LogP) is 2.63. The van der Waals surface area contributed by atoms with E-state index in [2.05, 4.69) is 10.3 Å². The van der Waals surface area contributed by atoms with Gasteiger partial charge in [0.15, 0.2) is 0 Å². The third-order valence-corrected chi connectivity index (χ3v) is 10.9. The highest BCUT2D eigenvalue weighted by Crippen LogP contribution is 2.62. The molecule has 2 aromatic carbocycles. The van der Waals surface area contributed by atoms with Gasteiger partial charge in [-0.05, 0) is 24.1 Å². The average molecular weight is 599 g/mol. The topological polar surface area (TPSA) is 112 Å². The number of carbonyl (C=O) groups is 3. The Hall–Kier alpha value is -3.96. The third-order valence-electron chi connectivity index (χ3n) is 9.18. The molecule has 1 spiro atoms. The van der Waals surface area contributed by atoms with Gasteiger partial charge in [-0.3, -0.25) is 14.4 Å².